The molecule has 2 N–H and O–H groups in total. The Balaban J connectivity index is 1.88. The minimum Gasteiger partial charge on any atom is -0.359 e. The third kappa shape index (κ3) is 4.81. The molecule has 0 bridgehead atoms. The molecule has 0 radical (unpaired) electrons. The van der Waals surface area contributed by atoms with Crippen LogP contribution in [-0.4, -0.2) is 17.4 Å². The average Bonchev–Trinajstić information content (AvgIpc) is 2.42. The smallest absolute Gasteiger partial charge is 0.187 e. The van der Waals surface area contributed by atoms with Gasteiger partial charge in [0.2, 0.25) is 0 Å². The first-order chi connectivity index (χ1) is 10.1. The summed E-state index contributed by atoms with van der Waals surface area (Å²) in [4.78, 5) is 0. The number of hydrogen-bond acceptors (Lipinski definition) is 2. The lowest BCUT2D eigenvalue weighted by atomic mass is 9.96. The molecule has 0 amide bonds. The van der Waals surface area contributed by atoms with Crippen LogP contribution in [0.15, 0.2) is 17.2 Å². The zero-order valence-corrected chi connectivity index (χ0v) is 14.0. The van der Waals surface area contributed by atoms with E-state index in [1.165, 1.54) is 48.8 Å². The molecule has 1 aliphatic rings. The summed E-state index contributed by atoms with van der Waals surface area (Å²) in [5.74, 6) is 0. The summed E-state index contributed by atoms with van der Waals surface area (Å²) < 4.78 is 0. The summed E-state index contributed by atoms with van der Waals surface area (Å²) in [5.41, 5.74) is 7.86. The molecule has 0 aromatic heterocycles. The van der Waals surface area contributed by atoms with Gasteiger partial charge in [0, 0.05) is 11.6 Å². The molecule has 1 saturated carbocycles. The van der Waals surface area contributed by atoms with Gasteiger partial charge in [0.05, 0.1) is 6.21 Å². The molecule has 0 aliphatic heterocycles. The van der Waals surface area contributed by atoms with Crippen LogP contribution < -0.4 is 10.7 Å². The van der Waals surface area contributed by atoms with E-state index in [2.05, 4.69) is 48.7 Å². The topological polar surface area (TPSA) is 36.4 Å². The molecular formula is C17H25N3S. The van der Waals surface area contributed by atoms with E-state index in [-0.39, 0.29) is 0 Å². The maximum Gasteiger partial charge on any atom is 0.187 e. The van der Waals surface area contributed by atoms with Crippen molar-refractivity contribution in [1.82, 2.24) is 10.7 Å². The number of nitrogens with one attached hydrogen (secondary N) is 2. The molecule has 1 aromatic carbocycles. The van der Waals surface area contributed by atoms with Crippen LogP contribution in [0.3, 0.4) is 0 Å². The number of thiocarbonyl (C=S) groups is 1. The molecule has 1 aliphatic carbocycles. The standard InChI is InChI=1S/C17H25N3S/c1-12-9-13(2)16(14(3)10-12)11-18-20-17(21)19-15-7-5-4-6-8-15/h9-11,15H,4-8H2,1-3H3,(H2,19,20,21)/b18-11+. The highest BCUT2D eigenvalue weighted by molar-refractivity contribution is 7.80. The van der Waals surface area contributed by atoms with Gasteiger partial charge < -0.3 is 5.32 Å². The summed E-state index contributed by atoms with van der Waals surface area (Å²) in [7, 11) is 0. The molecule has 4 heteroatoms. The van der Waals surface area contributed by atoms with Crippen LogP contribution in [-0.2, 0) is 0 Å². The Hall–Kier alpha value is -1.42. The van der Waals surface area contributed by atoms with Crippen LogP contribution in [0, 0.1) is 20.8 Å². The van der Waals surface area contributed by atoms with Crippen molar-refractivity contribution >= 4 is 23.5 Å². The van der Waals surface area contributed by atoms with Crippen molar-refractivity contribution in [3.8, 4) is 0 Å². The number of hydrogen-bond donors (Lipinski definition) is 2. The van der Waals surface area contributed by atoms with Crippen molar-refractivity contribution in [1.29, 1.82) is 0 Å². The molecule has 1 fully saturated rings. The normalized spacial score (nSPS) is 16.1. The van der Waals surface area contributed by atoms with E-state index in [0.717, 1.165) is 5.56 Å². The van der Waals surface area contributed by atoms with E-state index in [1.807, 2.05) is 6.21 Å². The van der Waals surface area contributed by atoms with Crippen molar-refractivity contribution in [3.05, 3.63) is 34.4 Å². The number of rotatable bonds is 3. The maximum absolute atomic E-state index is 5.30. The van der Waals surface area contributed by atoms with Crippen molar-refractivity contribution in [2.75, 3.05) is 0 Å². The molecule has 0 saturated heterocycles. The van der Waals surface area contributed by atoms with Crippen LogP contribution in [0.25, 0.3) is 0 Å². The zero-order chi connectivity index (χ0) is 15.2. The fourth-order valence-corrected chi connectivity index (χ4v) is 3.23. The van der Waals surface area contributed by atoms with Gasteiger partial charge in [0.15, 0.2) is 5.11 Å². The Labute approximate surface area is 133 Å². The lowest BCUT2D eigenvalue weighted by Crippen LogP contribution is -2.40. The Morgan fingerprint density at radius 3 is 2.38 bits per heavy atom. The Morgan fingerprint density at radius 2 is 1.76 bits per heavy atom. The number of aryl methyl sites for hydroxylation is 3. The summed E-state index contributed by atoms with van der Waals surface area (Å²) in [6.07, 6.45) is 8.22. The molecule has 0 heterocycles. The van der Waals surface area contributed by atoms with Gasteiger partial charge in [-0.25, -0.2) is 0 Å². The predicted octanol–water partition coefficient (Wildman–Crippen LogP) is 3.74. The number of benzene rings is 1. The summed E-state index contributed by atoms with van der Waals surface area (Å²) in [6, 6.07) is 4.86. The molecule has 0 atom stereocenters. The van der Waals surface area contributed by atoms with Crippen molar-refractivity contribution in [2.45, 2.75) is 58.9 Å². The zero-order valence-electron chi connectivity index (χ0n) is 13.2. The Morgan fingerprint density at radius 1 is 1.14 bits per heavy atom. The third-order valence-electron chi connectivity index (χ3n) is 4.04. The van der Waals surface area contributed by atoms with E-state index >= 15 is 0 Å². The lowest BCUT2D eigenvalue weighted by molar-refractivity contribution is 0.412. The van der Waals surface area contributed by atoms with Crippen LogP contribution in [0.1, 0.15) is 54.4 Å². The van der Waals surface area contributed by atoms with Gasteiger partial charge in [-0.1, -0.05) is 37.0 Å². The van der Waals surface area contributed by atoms with Crippen LogP contribution in [0.2, 0.25) is 0 Å². The molecule has 114 valence electrons. The second-order valence-corrected chi connectivity index (χ2v) is 6.40. The molecule has 3 nitrogen and oxygen atoms in total. The van der Waals surface area contributed by atoms with E-state index in [4.69, 9.17) is 12.2 Å². The molecular weight excluding hydrogens is 278 g/mol. The van der Waals surface area contributed by atoms with Gasteiger partial charge in [-0.3, -0.25) is 5.43 Å². The van der Waals surface area contributed by atoms with Crippen molar-refractivity contribution < 1.29 is 0 Å². The highest BCUT2D eigenvalue weighted by Crippen LogP contribution is 2.17. The fraction of sp³-hybridized carbons (Fsp3) is 0.529. The van der Waals surface area contributed by atoms with E-state index < -0.39 is 0 Å². The van der Waals surface area contributed by atoms with Gasteiger partial charge in [0.25, 0.3) is 0 Å². The van der Waals surface area contributed by atoms with E-state index in [1.54, 1.807) is 0 Å². The molecule has 0 unspecified atom stereocenters. The minimum absolute atomic E-state index is 0.511. The lowest BCUT2D eigenvalue weighted by Gasteiger charge is -2.23. The predicted molar refractivity (Wildman–Crippen MR) is 94.0 cm³/mol. The van der Waals surface area contributed by atoms with Crippen LogP contribution in [0.4, 0.5) is 0 Å². The number of hydrazone groups is 1. The van der Waals surface area contributed by atoms with E-state index in [9.17, 15) is 0 Å². The minimum atomic E-state index is 0.511. The molecule has 2 rings (SSSR count). The highest BCUT2D eigenvalue weighted by atomic mass is 32.1. The molecule has 0 spiro atoms. The van der Waals surface area contributed by atoms with Gasteiger partial charge in [-0.15, -0.1) is 0 Å². The largest absolute Gasteiger partial charge is 0.359 e. The van der Waals surface area contributed by atoms with Gasteiger partial charge in [-0.05, 0) is 57.0 Å². The second-order valence-electron chi connectivity index (χ2n) is 5.99. The van der Waals surface area contributed by atoms with Gasteiger partial charge >= 0.3 is 0 Å². The Kier molecular flexibility index (Phi) is 5.74. The quantitative estimate of drug-likeness (QED) is 0.507. The molecule has 1 aromatic rings. The SMILES string of the molecule is Cc1cc(C)c(/C=N/NC(=S)NC2CCCCC2)c(C)c1. The summed E-state index contributed by atoms with van der Waals surface area (Å²) >= 11 is 5.30. The fourth-order valence-electron chi connectivity index (χ4n) is 3.01. The highest BCUT2D eigenvalue weighted by Gasteiger charge is 2.13. The summed E-state index contributed by atoms with van der Waals surface area (Å²) in [5, 5.41) is 8.26. The van der Waals surface area contributed by atoms with Crippen LogP contribution >= 0.6 is 12.2 Å². The van der Waals surface area contributed by atoms with Crippen molar-refractivity contribution in [3.63, 3.8) is 0 Å². The molecule has 21 heavy (non-hydrogen) atoms. The van der Waals surface area contributed by atoms with Gasteiger partial charge in [0.1, 0.15) is 0 Å². The third-order valence-corrected chi connectivity index (χ3v) is 4.25. The maximum atomic E-state index is 5.30. The van der Waals surface area contributed by atoms with Gasteiger partial charge in [-0.2, -0.15) is 5.10 Å². The average molecular weight is 303 g/mol. The van der Waals surface area contributed by atoms with Crippen LogP contribution in [0.5, 0.6) is 0 Å². The first-order valence-electron chi connectivity index (χ1n) is 7.73. The monoisotopic (exact) mass is 303 g/mol. The van der Waals surface area contributed by atoms with Crippen molar-refractivity contribution in [2.24, 2.45) is 5.10 Å². The first kappa shape index (κ1) is 16.0. The summed E-state index contributed by atoms with van der Waals surface area (Å²) in [6.45, 7) is 6.34. The number of nitrogens with zero attached hydrogens (tertiary/aromatic N) is 1. The second kappa shape index (κ2) is 7.55. The first-order valence-corrected chi connectivity index (χ1v) is 8.14. The van der Waals surface area contributed by atoms with E-state index in [0.29, 0.717) is 11.2 Å². The Bertz CT molecular complexity index is 508.